The van der Waals surface area contributed by atoms with E-state index in [4.69, 9.17) is 5.73 Å². The van der Waals surface area contributed by atoms with Crippen molar-refractivity contribution in [2.45, 2.75) is 33.2 Å². The van der Waals surface area contributed by atoms with Gasteiger partial charge in [-0.25, -0.2) is 8.78 Å². The lowest BCUT2D eigenvalue weighted by molar-refractivity contribution is -0.134. The maximum atomic E-state index is 13.4. The van der Waals surface area contributed by atoms with Gasteiger partial charge in [0.1, 0.15) is 11.6 Å². The van der Waals surface area contributed by atoms with E-state index in [1.165, 1.54) is 0 Å². The maximum Gasteiger partial charge on any atom is 0.255 e. The van der Waals surface area contributed by atoms with E-state index in [1.54, 1.807) is 18.2 Å². The molecule has 5 nitrogen and oxygen atoms in total. The zero-order chi connectivity index (χ0) is 21.9. The highest BCUT2D eigenvalue weighted by molar-refractivity contribution is 6.04. The molecule has 7 heteroatoms. The Morgan fingerprint density at radius 3 is 2.40 bits per heavy atom. The zero-order valence-corrected chi connectivity index (χ0v) is 17.3. The molecule has 1 aliphatic carbocycles. The van der Waals surface area contributed by atoms with Gasteiger partial charge in [-0.05, 0) is 54.6 Å². The molecule has 0 aliphatic heterocycles. The summed E-state index contributed by atoms with van der Waals surface area (Å²) in [6.45, 7) is 5.45. The summed E-state index contributed by atoms with van der Waals surface area (Å²) in [7, 11) is 0. The van der Waals surface area contributed by atoms with E-state index < -0.39 is 17.5 Å². The van der Waals surface area contributed by atoms with Gasteiger partial charge in [0.25, 0.3) is 5.91 Å². The standard InChI is InChI=1S/C23H27F2N3O2/c1-23(2,13-26)14-28(22(30)16-6-7-16)12-15-4-3-5-20(8-15)27-21(29)17-9-18(24)11-19(25)10-17/h3-5,8-11,16H,6-7,12-14,26H2,1-2H3,(H,27,29). The molecular weight excluding hydrogens is 388 g/mol. The molecule has 0 atom stereocenters. The molecule has 0 spiro atoms. The predicted molar refractivity (Wildman–Crippen MR) is 112 cm³/mol. The van der Waals surface area contributed by atoms with Crippen molar-refractivity contribution in [3.8, 4) is 0 Å². The molecule has 1 saturated carbocycles. The highest BCUT2D eigenvalue weighted by Gasteiger charge is 2.35. The summed E-state index contributed by atoms with van der Waals surface area (Å²) in [4.78, 5) is 26.9. The number of amides is 2. The molecule has 160 valence electrons. The smallest absolute Gasteiger partial charge is 0.255 e. The van der Waals surface area contributed by atoms with E-state index in [-0.39, 0.29) is 22.8 Å². The SMILES string of the molecule is CC(C)(CN)CN(Cc1cccc(NC(=O)c2cc(F)cc(F)c2)c1)C(=O)C1CC1. The average molecular weight is 415 g/mol. The molecule has 0 aromatic heterocycles. The van der Waals surface area contributed by atoms with Crippen LogP contribution in [0, 0.1) is 23.0 Å². The van der Waals surface area contributed by atoms with Crippen LogP contribution in [0.5, 0.6) is 0 Å². The van der Waals surface area contributed by atoms with E-state index in [1.807, 2.05) is 24.8 Å². The van der Waals surface area contributed by atoms with Crippen LogP contribution in [-0.2, 0) is 11.3 Å². The lowest BCUT2D eigenvalue weighted by Gasteiger charge is -2.32. The van der Waals surface area contributed by atoms with E-state index in [0.717, 1.165) is 30.5 Å². The molecule has 0 unspecified atom stereocenters. The summed E-state index contributed by atoms with van der Waals surface area (Å²) in [6.07, 6.45) is 1.83. The van der Waals surface area contributed by atoms with Crippen LogP contribution < -0.4 is 11.1 Å². The Hall–Kier alpha value is -2.80. The molecule has 3 rings (SSSR count). The minimum absolute atomic E-state index is 0.0873. The summed E-state index contributed by atoms with van der Waals surface area (Å²) < 4.78 is 26.8. The molecular formula is C23H27F2N3O2. The molecule has 0 bridgehead atoms. The Bertz CT molecular complexity index is 922. The second kappa shape index (κ2) is 8.92. The largest absolute Gasteiger partial charge is 0.338 e. The number of rotatable bonds is 8. The van der Waals surface area contributed by atoms with Crippen molar-refractivity contribution in [1.82, 2.24) is 4.90 Å². The van der Waals surface area contributed by atoms with Crippen molar-refractivity contribution in [1.29, 1.82) is 0 Å². The van der Waals surface area contributed by atoms with Crippen LogP contribution in [-0.4, -0.2) is 29.8 Å². The Morgan fingerprint density at radius 1 is 1.13 bits per heavy atom. The number of carbonyl (C=O) groups is 2. The van der Waals surface area contributed by atoms with Crippen LogP contribution in [0.2, 0.25) is 0 Å². The molecule has 1 fully saturated rings. The molecule has 0 heterocycles. The first-order valence-electron chi connectivity index (χ1n) is 10.0. The lowest BCUT2D eigenvalue weighted by atomic mass is 9.92. The maximum absolute atomic E-state index is 13.4. The third kappa shape index (κ3) is 5.86. The molecule has 2 aromatic rings. The average Bonchev–Trinajstić information content (AvgIpc) is 3.51. The minimum Gasteiger partial charge on any atom is -0.338 e. The Morgan fingerprint density at radius 2 is 1.80 bits per heavy atom. The Kier molecular flexibility index (Phi) is 6.51. The number of carbonyl (C=O) groups excluding carboxylic acids is 2. The third-order valence-electron chi connectivity index (χ3n) is 5.09. The first kappa shape index (κ1) is 21.9. The number of anilines is 1. The third-order valence-corrected chi connectivity index (χ3v) is 5.09. The molecule has 30 heavy (non-hydrogen) atoms. The van der Waals surface area contributed by atoms with Crippen LogP contribution in [0.3, 0.4) is 0 Å². The zero-order valence-electron chi connectivity index (χ0n) is 17.3. The topological polar surface area (TPSA) is 75.4 Å². The van der Waals surface area contributed by atoms with Crippen LogP contribution in [0.4, 0.5) is 14.5 Å². The van der Waals surface area contributed by atoms with Crippen LogP contribution in [0.15, 0.2) is 42.5 Å². The number of hydrogen-bond acceptors (Lipinski definition) is 3. The predicted octanol–water partition coefficient (Wildman–Crippen LogP) is 3.94. The van der Waals surface area contributed by atoms with E-state index in [0.29, 0.717) is 31.4 Å². The number of benzene rings is 2. The van der Waals surface area contributed by atoms with Crippen LogP contribution in [0.1, 0.15) is 42.6 Å². The van der Waals surface area contributed by atoms with E-state index in [9.17, 15) is 18.4 Å². The van der Waals surface area contributed by atoms with Crippen LogP contribution >= 0.6 is 0 Å². The van der Waals surface area contributed by atoms with Gasteiger partial charge >= 0.3 is 0 Å². The molecule has 2 aromatic carbocycles. The van der Waals surface area contributed by atoms with Gasteiger partial charge in [-0.2, -0.15) is 0 Å². The van der Waals surface area contributed by atoms with Gasteiger partial charge in [0.05, 0.1) is 0 Å². The van der Waals surface area contributed by atoms with Gasteiger partial charge in [0.2, 0.25) is 5.91 Å². The van der Waals surface area contributed by atoms with Gasteiger partial charge in [-0.3, -0.25) is 9.59 Å². The van der Waals surface area contributed by atoms with Gasteiger partial charge in [-0.1, -0.05) is 26.0 Å². The van der Waals surface area contributed by atoms with Crippen molar-refractivity contribution >= 4 is 17.5 Å². The molecule has 3 N–H and O–H groups in total. The van der Waals surface area contributed by atoms with E-state index >= 15 is 0 Å². The van der Waals surface area contributed by atoms with Gasteiger partial charge in [-0.15, -0.1) is 0 Å². The second-order valence-electron chi connectivity index (χ2n) is 8.65. The number of nitrogens with two attached hydrogens (primary N) is 1. The molecule has 0 radical (unpaired) electrons. The monoisotopic (exact) mass is 415 g/mol. The number of nitrogens with zero attached hydrogens (tertiary/aromatic N) is 1. The summed E-state index contributed by atoms with van der Waals surface area (Å²) in [5.41, 5.74) is 6.87. The first-order chi connectivity index (χ1) is 14.2. The molecule has 1 aliphatic rings. The normalized spacial score (nSPS) is 13.8. The fourth-order valence-corrected chi connectivity index (χ4v) is 3.24. The van der Waals surface area contributed by atoms with Gasteiger partial charge < -0.3 is 16.0 Å². The van der Waals surface area contributed by atoms with Crippen molar-refractivity contribution in [3.63, 3.8) is 0 Å². The summed E-state index contributed by atoms with van der Waals surface area (Å²) in [5.74, 6) is -2.03. The van der Waals surface area contributed by atoms with Gasteiger partial charge in [0.15, 0.2) is 0 Å². The lowest BCUT2D eigenvalue weighted by Crippen LogP contribution is -2.42. The quantitative estimate of drug-likeness (QED) is 0.686. The summed E-state index contributed by atoms with van der Waals surface area (Å²) in [6, 6.07) is 9.77. The highest BCUT2D eigenvalue weighted by atomic mass is 19.1. The fraction of sp³-hybridized carbons (Fsp3) is 0.391. The number of nitrogens with one attached hydrogen (secondary N) is 1. The second-order valence-corrected chi connectivity index (χ2v) is 8.65. The van der Waals surface area contributed by atoms with Crippen molar-refractivity contribution in [2.75, 3.05) is 18.4 Å². The van der Waals surface area contributed by atoms with Crippen molar-refractivity contribution < 1.29 is 18.4 Å². The Balaban J connectivity index is 1.74. The number of hydrogen-bond donors (Lipinski definition) is 2. The highest BCUT2D eigenvalue weighted by Crippen LogP contribution is 2.33. The Labute approximate surface area is 175 Å². The van der Waals surface area contributed by atoms with Crippen molar-refractivity contribution in [3.05, 3.63) is 65.2 Å². The number of halogens is 2. The minimum atomic E-state index is -0.814. The van der Waals surface area contributed by atoms with Gasteiger partial charge in [0, 0.05) is 36.3 Å². The summed E-state index contributed by atoms with van der Waals surface area (Å²) >= 11 is 0. The van der Waals surface area contributed by atoms with E-state index in [2.05, 4.69) is 5.32 Å². The fourth-order valence-electron chi connectivity index (χ4n) is 3.24. The van der Waals surface area contributed by atoms with Crippen LogP contribution in [0.25, 0.3) is 0 Å². The molecule has 0 saturated heterocycles. The van der Waals surface area contributed by atoms with Crippen molar-refractivity contribution in [2.24, 2.45) is 17.1 Å². The summed E-state index contributed by atoms with van der Waals surface area (Å²) in [5, 5.41) is 2.65. The molecule has 2 amide bonds. The first-order valence-corrected chi connectivity index (χ1v) is 10.0.